The first-order valence-electron chi connectivity index (χ1n) is 14.0. The predicted octanol–water partition coefficient (Wildman–Crippen LogP) is -1.50. The van der Waals surface area contributed by atoms with Crippen LogP contribution in [0.3, 0.4) is 0 Å². The molecule has 0 fully saturated rings. The standard InChI is InChI=1S/C29H32B2F2N4O9/c32-23-12-18(4-6-21(23)30(43)44)26(38)36-14-16-9-17(15-37-27(39)19-5-7-22(31(45)46)24(33)13-19)11-20(10-16)28(40)35-8-2-1-3-25(34)29(41)42/h4-7,9-13,25,43-46H,1-3,8,14-15,34H2,(H,35,40)(H,36,38)(H,37,39)(H,41,42)/t25-/m0/s1. The Kier molecular flexibility index (Phi) is 12.9. The van der Waals surface area contributed by atoms with Gasteiger partial charge in [0.2, 0.25) is 0 Å². The molecule has 0 aliphatic carbocycles. The van der Waals surface area contributed by atoms with E-state index in [1.807, 2.05) is 0 Å². The summed E-state index contributed by atoms with van der Waals surface area (Å²) in [5.74, 6) is -4.99. The molecule has 0 heterocycles. The third-order valence-electron chi connectivity index (χ3n) is 6.85. The number of unbranched alkanes of at least 4 members (excludes halogenated alkanes) is 1. The molecule has 0 bridgehead atoms. The van der Waals surface area contributed by atoms with Crippen molar-refractivity contribution in [2.45, 2.75) is 38.4 Å². The lowest BCUT2D eigenvalue weighted by Gasteiger charge is -2.13. The van der Waals surface area contributed by atoms with Crippen LogP contribution < -0.4 is 32.6 Å². The van der Waals surface area contributed by atoms with E-state index in [4.69, 9.17) is 10.8 Å². The molecule has 0 saturated carbocycles. The molecule has 0 unspecified atom stereocenters. The number of carbonyl (C=O) groups is 4. The number of rotatable bonds is 15. The van der Waals surface area contributed by atoms with Crippen LogP contribution in [0.25, 0.3) is 0 Å². The van der Waals surface area contributed by atoms with Gasteiger partial charge >= 0.3 is 20.2 Å². The molecule has 17 heteroatoms. The van der Waals surface area contributed by atoms with Gasteiger partial charge in [-0.1, -0.05) is 18.2 Å². The van der Waals surface area contributed by atoms with E-state index in [0.29, 0.717) is 24.0 Å². The molecule has 3 rings (SSSR count). The Balaban J connectivity index is 1.74. The van der Waals surface area contributed by atoms with Crippen molar-refractivity contribution in [3.8, 4) is 0 Å². The summed E-state index contributed by atoms with van der Waals surface area (Å²) >= 11 is 0. The van der Waals surface area contributed by atoms with E-state index in [1.165, 1.54) is 24.3 Å². The van der Waals surface area contributed by atoms with Crippen LogP contribution in [0, 0.1) is 11.6 Å². The van der Waals surface area contributed by atoms with Crippen molar-refractivity contribution in [2.24, 2.45) is 5.73 Å². The summed E-state index contributed by atoms with van der Waals surface area (Å²) in [5, 5.41) is 53.5. The molecule has 0 aliphatic rings. The second-order valence-corrected chi connectivity index (χ2v) is 10.3. The van der Waals surface area contributed by atoms with Crippen molar-refractivity contribution in [1.82, 2.24) is 16.0 Å². The van der Waals surface area contributed by atoms with E-state index in [-0.39, 0.29) is 42.7 Å². The first-order valence-corrected chi connectivity index (χ1v) is 14.0. The Bertz CT molecular complexity index is 1500. The normalized spacial score (nSPS) is 11.4. The van der Waals surface area contributed by atoms with Gasteiger partial charge in [-0.05, 0) is 66.8 Å². The van der Waals surface area contributed by atoms with E-state index in [9.17, 15) is 48.1 Å². The molecule has 0 spiro atoms. The third kappa shape index (κ3) is 10.2. The number of benzene rings is 3. The quantitative estimate of drug-likeness (QED) is 0.0689. The van der Waals surface area contributed by atoms with Crippen molar-refractivity contribution < 1.29 is 53.2 Å². The second-order valence-electron chi connectivity index (χ2n) is 10.3. The molecule has 3 amide bonds. The minimum Gasteiger partial charge on any atom is -0.480 e. The number of carboxylic acids is 1. The van der Waals surface area contributed by atoms with Crippen molar-refractivity contribution in [2.75, 3.05) is 6.54 Å². The van der Waals surface area contributed by atoms with Crippen molar-refractivity contribution in [3.63, 3.8) is 0 Å². The number of nitrogens with one attached hydrogen (secondary N) is 3. The highest BCUT2D eigenvalue weighted by Crippen LogP contribution is 2.13. The topological polar surface area (TPSA) is 232 Å². The summed E-state index contributed by atoms with van der Waals surface area (Å²) in [5.41, 5.74) is 5.49. The summed E-state index contributed by atoms with van der Waals surface area (Å²) in [6.45, 7) is -0.0430. The average Bonchev–Trinajstić information content (AvgIpc) is 3.01. The zero-order chi connectivity index (χ0) is 34.0. The van der Waals surface area contributed by atoms with Crippen LogP contribution in [-0.2, 0) is 17.9 Å². The molecule has 0 aliphatic heterocycles. The van der Waals surface area contributed by atoms with Crippen LogP contribution in [-0.4, -0.2) is 75.7 Å². The monoisotopic (exact) mass is 640 g/mol. The Morgan fingerprint density at radius 1 is 0.674 bits per heavy atom. The zero-order valence-electron chi connectivity index (χ0n) is 24.4. The average molecular weight is 640 g/mol. The van der Waals surface area contributed by atoms with Crippen LogP contribution in [0.4, 0.5) is 8.78 Å². The lowest BCUT2D eigenvalue weighted by Crippen LogP contribution is -2.33. The molecule has 10 N–H and O–H groups in total. The van der Waals surface area contributed by atoms with Gasteiger partial charge in [0.05, 0.1) is 0 Å². The first kappa shape index (κ1) is 35.8. The van der Waals surface area contributed by atoms with Gasteiger partial charge in [0.1, 0.15) is 17.7 Å². The van der Waals surface area contributed by atoms with Crippen LogP contribution in [0.2, 0.25) is 0 Å². The fourth-order valence-electron chi connectivity index (χ4n) is 4.34. The third-order valence-corrected chi connectivity index (χ3v) is 6.85. The van der Waals surface area contributed by atoms with Crippen LogP contribution in [0.5, 0.6) is 0 Å². The minimum atomic E-state index is -2.06. The molecule has 1 atom stereocenters. The summed E-state index contributed by atoms with van der Waals surface area (Å²) in [4.78, 5) is 49.1. The largest absolute Gasteiger partial charge is 0.491 e. The Morgan fingerprint density at radius 2 is 1.13 bits per heavy atom. The van der Waals surface area contributed by atoms with Crippen molar-refractivity contribution in [3.05, 3.63) is 94.0 Å². The molecule has 3 aromatic rings. The Hall–Kier alpha value is -4.67. The van der Waals surface area contributed by atoms with Crippen molar-refractivity contribution in [1.29, 1.82) is 0 Å². The lowest BCUT2D eigenvalue weighted by molar-refractivity contribution is -0.138. The molecular formula is C29H32B2F2N4O9. The van der Waals surface area contributed by atoms with E-state index < -0.39 is 66.5 Å². The molecule has 0 aromatic heterocycles. The molecular weight excluding hydrogens is 608 g/mol. The van der Waals surface area contributed by atoms with E-state index in [0.717, 1.165) is 24.3 Å². The van der Waals surface area contributed by atoms with Gasteiger partial charge < -0.3 is 46.9 Å². The number of aliphatic carboxylic acids is 1. The van der Waals surface area contributed by atoms with E-state index in [1.54, 1.807) is 6.07 Å². The highest BCUT2D eigenvalue weighted by atomic mass is 19.1. The number of nitrogens with two attached hydrogens (primary N) is 1. The maximum absolute atomic E-state index is 14.1. The minimum absolute atomic E-state index is 0.0992. The second kappa shape index (κ2) is 16.6. The van der Waals surface area contributed by atoms with Gasteiger partial charge in [-0.2, -0.15) is 0 Å². The first-order chi connectivity index (χ1) is 21.8. The Morgan fingerprint density at radius 3 is 1.54 bits per heavy atom. The predicted molar refractivity (Wildman–Crippen MR) is 163 cm³/mol. The molecule has 242 valence electrons. The molecule has 46 heavy (non-hydrogen) atoms. The van der Waals surface area contributed by atoms with Gasteiger partial charge in [0.25, 0.3) is 17.7 Å². The van der Waals surface area contributed by atoms with Gasteiger partial charge in [-0.25, -0.2) is 8.78 Å². The molecule has 0 radical (unpaired) electrons. The molecule has 13 nitrogen and oxygen atoms in total. The molecule has 3 aromatic carbocycles. The maximum Gasteiger partial charge on any atom is 0.491 e. The van der Waals surface area contributed by atoms with Crippen LogP contribution in [0.1, 0.15) is 61.5 Å². The number of amides is 3. The van der Waals surface area contributed by atoms with E-state index in [2.05, 4.69) is 16.0 Å². The van der Waals surface area contributed by atoms with Gasteiger partial charge in [0, 0.05) is 47.3 Å². The summed E-state index contributed by atoms with van der Waals surface area (Å²) < 4.78 is 28.3. The van der Waals surface area contributed by atoms with Gasteiger partial charge in [0.15, 0.2) is 0 Å². The lowest BCUT2D eigenvalue weighted by atomic mass is 9.79. The summed E-state index contributed by atoms with van der Waals surface area (Å²) in [6, 6.07) is 9.76. The SMILES string of the molecule is N[C@@H](CCCCNC(=O)c1cc(CNC(=O)c2ccc(B(O)O)c(F)c2)cc(CNC(=O)c2ccc(B(O)O)c(F)c2)c1)C(=O)O. The van der Waals surface area contributed by atoms with Crippen molar-refractivity contribution >= 4 is 48.9 Å². The number of hydrogen-bond donors (Lipinski definition) is 9. The highest BCUT2D eigenvalue weighted by Gasteiger charge is 2.20. The summed E-state index contributed by atoms with van der Waals surface area (Å²) in [7, 11) is -4.11. The van der Waals surface area contributed by atoms with Crippen LogP contribution in [0.15, 0.2) is 54.6 Å². The van der Waals surface area contributed by atoms with Gasteiger partial charge in [-0.15, -0.1) is 0 Å². The zero-order valence-corrected chi connectivity index (χ0v) is 24.4. The number of hydrogen-bond acceptors (Lipinski definition) is 9. The highest BCUT2D eigenvalue weighted by molar-refractivity contribution is 6.59. The number of carboxylic acid groups (broad SMARTS) is 1. The van der Waals surface area contributed by atoms with E-state index >= 15 is 0 Å². The Labute approximate surface area is 262 Å². The summed E-state index contributed by atoms with van der Waals surface area (Å²) in [6.07, 6.45) is 1.14. The maximum atomic E-state index is 14.1. The van der Waals surface area contributed by atoms with Crippen LogP contribution >= 0.6 is 0 Å². The number of halogens is 2. The van der Waals surface area contributed by atoms with Gasteiger partial charge in [-0.3, -0.25) is 19.2 Å². The smallest absolute Gasteiger partial charge is 0.480 e. The fraction of sp³-hybridized carbons (Fsp3) is 0.241. The number of carbonyl (C=O) groups excluding carboxylic acids is 3. The molecule has 0 saturated heterocycles. The fourth-order valence-corrected chi connectivity index (χ4v) is 4.34.